The van der Waals surface area contributed by atoms with Gasteiger partial charge in [0.15, 0.2) is 0 Å². The van der Waals surface area contributed by atoms with Crippen LogP contribution in [0.3, 0.4) is 0 Å². The molecule has 0 aromatic carbocycles. The third-order valence-corrected chi connectivity index (χ3v) is 3.83. The van der Waals surface area contributed by atoms with Gasteiger partial charge in [0.1, 0.15) is 17.3 Å². The summed E-state index contributed by atoms with van der Waals surface area (Å²) >= 11 is 6.22. The molecular weight excluding hydrogens is 262 g/mol. The highest BCUT2D eigenvalue weighted by molar-refractivity contribution is 6.30. The Morgan fingerprint density at radius 2 is 2.26 bits per heavy atom. The lowest BCUT2D eigenvalue weighted by molar-refractivity contribution is 0.115. The van der Waals surface area contributed by atoms with Gasteiger partial charge in [-0.3, -0.25) is 0 Å². The molecule has 0 saturated carbocycles. The second kappa shape index (κ2) is 7.06. The summed E-state index contributed by atoms with van der Waals surface area (Å²) in [4.78, 5) is 10.8. The van der Waals surface area contributed by atoms with Crippen molar-refractivity contribution in [2.45, 2.75) is 45.6 Å². The van der Waals surface area contributed by atoms with Crippen molar-refractivity contribution in [3.05, 3.63) is 17.0 Å². The quantitative estimate of drug-likeness (QED) is 0.752. The lowest BCUT2D eigenvalue weighted by Gasteiger charge is -2.27. The fourth-order valence-corrected chi connectivity index (χ4v) is 2.74. The fourth-order valence-electron chi connectivity index (χ4n) is 2.52. The van der Waals surface area contributed by atoms with Crippen LogP contribution >= 0.6 is 11.6 Å². The summed E-state index contributed by atoms with van der Waals surface area (Å²) in [5.41, 5.74) is 1.06. The van der Waals surface area contributed by atoms with E-state index in [1.165, 1.54) is 0 Å². The minimum atomic E-state index is 0.322. The van der Waals surface area contributed by atoms with Crippen molar-refractivity contribution in [2.75, 3.05) is 24.6 Å². The van der Waals surface area contributed by atoms with Crippen molar-refractivity contribution >= 4 is 17.4 Å². The van der Waals surface area contributed by atoms with Crippen molar-refractivity contribution in [3.8, 4) is 0 Å². The molecule has 5 heteroatoms. The summed E-state index contributed by atoms with van der Waals surface area (Å²) in [7, 11) is 0. The van der Waals surface area contributed by atoms with E-state index in [4.69, 9.17) is 16.3 Å². The van der Waals surface area contributed by atoms with Gasteiger partial charge in [-0.2, -0.15) is 0 Å². The molecule has 2 heterocycles. The second-order valence-corrected chi connectivity index (χ2v) is 5.25. The first-order valence-electron chi connectivity index (χ1n) is 7.12. The second-order valence-electron chi connectivity index (χ2n) is 4.89. The van der Waals surface area contributed by atoms with Crippen molar-refractivity contribution in [2.24, 2.45) is 0 Å². The van der Waals surface area contributed by atoms with Gasteiger partial charge in [-0.25, -0.2) is 9.97 Å². The van der Waals surface area contributed by atoms with Crippen LogP contribution in [0, 0.1) is 0 Å². The van der Waals surface area contributed by atoms with Crippen LogP contribution in [0.2, 0.25) is 5.15 Å². The third-order valence-electron chi connectivity index (χ3n) is 3.50. The molecule has 1 aliphatic heterocycles. The molecule has 0 bridgehead atoms. The maximum atomic E-state index is 6.22. The molecule has 1 unspecified atom stereocenters. The van der Waals surface area contributed by atoms with Crippen molar-refractivity contribution in [1.82, 2.24) is 9.97 Å². The SMILES string of the molecule is CCCc1c(Cl)ncnc1N(CC)CC1CCCO1. The average Bonchev–Trinajstić information content (AvgIpc) is 2.92. The smallest absolute Gasteiger partial charge is 0.137 e. The first-order chi connectivity index (χ1) is 9.26. The van der Waals surface area contributed by atoms with Gasteiger partial charge >= 0.3 is 0 Å². The molecular formula is C14H22ClN3O. The van der Waals surface area contributed by atoms with Crippen molar-refractivity contribution < 1.29 is 4.74 Å². The molecule has 2 rings (SSSR count). The van der Waals surface area contributed by atoms with Gasteiger partial charge in [-0.05, 0) is 26.2 Å². The molecule has 1 aromatic heterocycles. The van der Waals surface area contributed by atoms with Gasteiger partial charge in [-0.15, -0.1) is 0 Å². The molecule has 1 aromatic rings. The minimum absolute atomic E-state index is 0.322. The summed E-state index contributed by atoms with van der Waals surface area (Å²) in [5, 5.41) is 0.581. The summed E-state index contributed by atoms with van der Waals surface area (Å²) in [6.07, 6.45) is 6.12. The molecule has 0 amide bonds. The Kier molecular flexibility index (Phi) is 5.40. The molecule has 0 spiro atoms. The maximum absolute atomic E-state index is 6.22. The zero-order chi connectivity index (χ0) is 13.7. The van der Waals surface area contributed by atoms with E-state index in [0.29, 0.717) is 11.3 Å². The number of nitrogens with zero attached hydrogens (tertiary/aromatic N) is 3. The van der Waals surface area contributed by atoms with Crippen LogP contribution in [0.1, 0.15) is 38.7 Å². The number of likely N-dealkylation sites (N-methyl/N-ethyl adjacent to an activating group) is 1. The Morgan fingerprint density at radius 3 is 2.89 bits per heavy atom. The Labute approximate surface area is 120 Å². The van der Waals surface area contributed by atoms with Gasteiger partial charge in [-0.1, -0.05) is 24.9 Å². The van der Waals surface area contributed by atoms with E-state index in [9.17, 15) is 0 Å². The van der Waals surface area contributed by atoms with E-state index in [0.717, 1.165) is 56.8 Å². The number of ether oxygens (including phenoxy) is 1. The number of aromatic nitrogens is 2. The molecule has 1 atom stereocenters. The molecule has 106 valence electrons. The molecule has 0 aliphatic carbocycles. The molecule has 19 heavy (non-hydrogen) atoms. The van der Waals surface area contributed by atoms with Gasteiger partial charge in [0, 0.05) is 25.3 Å². The number of hydrogen-bond donors (Lipinski definition) is 0. The monoisotopic (exact) mass is 283 g/mol. The van der Waals surface area contributed by atoms with Crippen molar-refractivity contribution in [1.29, 1.82) is 0 Å². The van der Waals surface area contributed by atoms with E-state index in [2.05, 4.69) is 28.7 Å². The largest absolute Gasteiger partial charge is 0.376 e. The lowest BCUT2D eigenvalue weighted by Crippen LogP contribution is -2.33. The maximum Gasteiger partial charge on any atom is 0.137 e. The highest BCUT2D eigenvalue weighted by Crippen LogP contribution is 2.26. The van der Waals surface area contributed by atoms with Crippen LogP contribution in [0.4, 0.5) is 5.82 Å². The zero-order valence-electron chi connectivity index (χ0n) is 11.7. The van der Waals surface area contributed by atoms with E-state index in [-0.39, 0.29) is 0 Å². The summed E-state index contributed by atoms with van der Waals surface area (Å²) in [6, 6.07) is 0. The zero-order valence-corrected chi connectivity index (χ0v) is 12.5. The van der Waals surface area contributed by atoms with E-state index < -0.39 is 0 Å². The van der Waals surface area contributed by atoms with Crippen molar-refractivity contribution in [3.63, 3.8) is 0 Å². The molecule has 0 N–H and O–H groups in total. The minimum Gasteiger partial charge on any atom is -0.376 e. The topological polar surface area (TPSA) is 38.2 Å². The average molecular weight is 284 g/mol. The Morgan fingerprint density at radius 1 is 1.42 bits per heavy atom. The van der Waals surface area contributed by atoms with Crippen LogP contribution in [0.15, 0.2) is 6.33 Å². The fraction of sp³-hybridized carbons (Fsp3) is 0.714. The molecule has 1 aliphatic rings. The highest BCUT2D eigenvalue weighted by atomic mass is 35.5. The van der Waals surface area contributed by atoms with Crippen LogP contribution in [-0.2, 0) is 11.2 Å². The summed E-state index contributed by atoms with van der Waals surface area (Å²) in [6.45, 7) is 6.96. The van der Waals surface area contributed by atoms with Gasteiger partial charge in [0.25, 0.3) is 0 Å². The van der Waals surface area contributed by atoms with Crippen LogP contribution in [0.25, 0.3) is 0 Å². The van der Waals surface area contributed by atoms with E-state index in [1.54, 1.807) is 6.33 Å². The van der Waals surface area contributed by atoms with Crippen LogP contribution in [-0.4, -0.2) is 35.8 Å². The van der Waals surface area contributed by atoms with Crippen LogP contribution in [0.5, 0.6) is 0 Å². The number of anilines is 1. The first kappa shape index (κ1) is 14.5. The molecule has 0 radical (unpaired) electrons. The molecule has 1 saturated heterocycles. The van der Waals surface area contributed by atoms with Gasteiger partial charge in [0.2, 0.25) is 0 Å². The Balaban J connectivity index is 2.18. The summed E-state index contributed by atoms with van der Waals surface area (Å²) in [5.74, 6) is 0.972. The normalized spacial score (nSPS) is 18.8. The highest BCUT2D eigenvalue weighted by Gasteiger charge is 2.21. The number of hydrogen-bond acceptors (Lipinski definition) is 4. The van der Waals surface area contributed by atoms with E-state index >= 15 is 0 Å². The molecule has 1 fully saturated rings. The lowest BCUT2D eigenvalue weighted by atomic mass is 10.1. The predicted molar refractivity (Wildman–Crippen MR) is 77.9 cm³/mol. The standard InChI is InChI=1S/C14H22ClN3O/c1-3-6-12-13(15)16-10-17-14(12)18(4-2)9-11-7-5-8-19-11/h10-11H,3-9H2,1-2H3. The number of rotatable bonds is 6. The predicted octanol–water partition coefficient (Wildman–Crippen LogP) is 3.09. The van der Waals surface area contributed by atoms with E-state index in [1.807, 2.05) is 0 Å². The molecule has 4 nitrogen and oxygen atoms in total. The van der Waals surface area contributed by atoms with Crippen LogP contribution < -0.4 is 4.90 Å². The first-order valence-corrected chi connectivity index (χ1v) is 7.50. The Hall–Kier alpha value is -0.870. The summed E-state index contributed by atoms with van der Waals surface area (Å²) < 4.78 is 5.72. The number of halogens is 1. The van der Waals surface area contributed by atoms with Gasteiger partial charge < -0.3 is 9.64 Å². The third kappa shape index (κ3) is 3.57. The van der Waals surface area contributed by atoms with Gasteiger partial charge in [0.05, 0.1) is 6.10 Å². The Bertz CT molecular complexity index is 408.